The fourth-order valence-electron chi connectivity index (χ4n) is 6.15. The summed E-state index contributed by atoms with van der Waals surface area (Å²) in [5.41, 5.74) is 2.22. The minimum Gasteiger partial charge on any atom is -0.381 e. The van der Waals surface area contributed by atoms with Crippen LogP contribution in [0.5, 0.6) is 0 Å². The molecular formula is C28H37N5O4. The van der Waals surface area contributed by atoms with Gasteiger partial charge in [-0.2, -0.15) is 5.10 Å². The topological polar surface area (TPSA) is 114 Å². The van der Waals surface area contributed by atoms with Crippen molar-refractivity contribution in [3.8, 4) is 0 Å². The molecule has 2 aliphatic heterocycles. The summed E-state index contributed by atoms with van der Waals surface area (Å²) in [4.78, 5) is 39.8. The Morgan fingerprint density at radius 3 is 2.59 bits per heavy atom. The first-order valence-corrected chi connectivity index (χ1v) is 13.7. The van der Waals surface area contributed by atoms with Gasteiger partial charge < -0.3 is 20.7 Å². The third-order valence-corrected chi connectivity index (χ3v) is 8.27. The van der Waals surface area contributed by atoms with Crippen molar-refractivity contribution >= 4 is 29.1 Å². The Morgan fingerprint density at radius 1 is 1.14 bits per heavy atom. The van der Waals surface area contributed by atoms with Gasteiger partial charge >= 0.3 is 0 Å². The van der Waals surface area contributed by atoms with Crippen molar-refractivity contribution in [3.05, 3.63) is 41.7 Å². The summed E-state index contributed by atoms with van der Waals surface area (Å²) in [6, 6.07) is 6.66. The number of carbonyl (C=O) groups is 3. The Bertz CT molecular complexity index is 1150. The molecule has 3 heterocycles. The van der Waals surface area contributed by atoms with E-state index in [-0.39, 0.29) is 23.6 Å². The molecule has 1 atom stereocenters. The molecule has 198 valence electrons. The fourth-order valence-corrected chi connectivity index (χ4v) is 6.15. The second-order valence-electron chi connectivity index (χ2n) is 10.5. The molecule has 9 nitrogen and oxygen atoms in total. The van der Waals surface area contributed by atoms with Crippen molar-refractivity contribution in [3.63, 3.8) is 0 Å². The average Bonchev–Trinajstić information content (AvgIpc) is 3.46. The largest absolute Gasteiger partial charge is 0.381 e. The number of rotatable bonds is 6. The lowest BCUT2D eigenvalue weighted by atomic mass is 9.75. The molecule has 3 amide bonds. The molecule has 1 saturated heterocycles. The minimum atomic E-state index is -0.657. The molecular weight excluding hydrogens is 470 g/mol. The molecule has 1 aromatic carbocycles. The molecule has 5 rings (SSSR count). The highest BCUT2D eigenvalue weighted by molar-refractivity contribution is 6.07. The maximum absolute atomic E-state index is 13.7. The standard InChI is InChI=1S/C28H37N5O4/c1-2-33-23(12-15-29-33)25(34)32-24(19-8-6-4-3-5-7-9-19)26(35)30-20-10-11-21-22(18-20)31-27(36)28(21)13-16-37-17-14-28/h10-12,15,18-19,24H,2-9,13-14,16-17H2,1H3,(H,30,35)(H,31,36)(H,32,34)/t24-/m0/s1. The summed E-state index contributed by atoms with van der Waals surface area (Å²) in [5.74, 6) is -0.459. The zero-order valence-corrected chi connectivity index (χ0v) is 21.6. The zero-order chi connectivity index (χ0) is 25.8. The number of aryl methyl sites for hydroxylation is 1. The molecule has 1 saturated carbocycles. The maximum Gasteiger partial charge on any atom is 0.270 e. The molecule has 0 radical (unpaired) electrons. The van der Waals surface area contributed by atoms with Gasteiger partial charge in [0.25, 0.3) is 5.91 Å². The maximum atomic E-state index is 13.7. The summed E-state index contributed by atoms with van der Waals surface area (Å²) >= 11 is 0. The van der Waals surface area contributed by atoms with Crippen LogP contribution in [0.1, 0.15) is 80.8 Å². The Balaban J connectivity index is 1.36. The third-order valence-electron chi connectivity index (χ3n) is 8.27. The molecule has 0 unspecified atom stereocenters. The van der Waals surface area contributed by atoms with Crippen LogP contribution in [-0.4, -0.2) is 46.8 Å². The lowest BCUT2D eigenvalue weighted by Gasteiger charge is -2.31. The van der Waals surface area contributed by atoms with Gasteiger partial charge in [0.1, 0.15) is 11.7 Å². The lowest BCUT2D eigenvalue weighted by Crippen LogP contribution is -2.49. The average molecular weight is 508 g/mol. The summed E-state index contributed by atoms with van der Waals surface area (Å²) in [6.07, 6.45) is 10.3. The van der Waals surface area contributed by atoms with Crippen molar-refractivity contribution in [2.45, 2.75) is 82.7 Å². The number of benzene rings is 1. The van der Waals surface area contributed by atoms with Crippen LogP contribution in [0, 0.1) is 5.92 Å². The van der Waals surface area contributed by atoms with E-state index in [1.807, 2.05) is 25.1 Å². The molecule has 1 aliphatic carbocycles. The predicted molar refractivity (Wildman–Crippen MR) is 140 cm³/mol. The Kier molecular flexibility index (Phi) is 7.60. The lowest BCUT2D eigenvalue weighted by molar-refractivity contribution is -0.124. The monoisotopic (exact) mass is 507 g/mol. The van der Waals surface area contributed by atoms with Crippen LogP contribution in [0.4, 0.5) is 11.4 Å². The number of anilines is 2. The van der Waals surface area contributed by atoms with E-state index in [0.717, 1.165) is 49.8 Å². The molecule has 1 aromatic heterocycles. The minimum absolute atomic E-state index is 0.00136. The van der Waals surface area contributed by atoms with E-state index in [2.05, 4.69) is 21.0 Å². The Labute approximate surface area is 217 Å². The van der Waals surface area contributed by atoms with Crippen LogP contribution < -0.4 is 16.0 Å². The second-order valence-corrected chi connectivity index (χ2v) is 10.5. The first kappa shape index (κ1) is 25.4. The van der Waals surface area contributed by atoms with Gasteiger partial charge in [-0.3, -0.25) is 19.1 Å². The highest BCUT2D eigenvalue weighted by atomic mass is 16.5. The highest BCUT2D eigenvalue weighted by Crippen LogP contribution is 2.45. The van der Waals surface area contributed by atoms with E-state index in [1.54, 1.807) is 16.9 Å². The van der Waals surface area contributed by atoms with Crippen molar-refractivity contribution in [2.24, 2.45) is 5.92 Å². The van der Waals surface area contributed by atoms with E-state index in [9.17, 15) is 14.4 Å². The summed E-state index contributed by atoms with van der Waals surface area (Å²) < 4.78 is 7.13. The molecule has 9 heteroatoms. The van der Waals surface area contributed by atoms with Crippen LogP contribution in [-0.2, 0) is 26.3 Å². The van der Waals surface area contributed by atoms with Crippen LogP contribution >= 0.6 is 0 Å². The first-order valence-electron chi connectivity index (χ1n) is 13.7. The smallest absolute Gasteiger partial charge is 0.270 e. The normalized spacial score (nSPS) is 20.4. The van der Waals surface area contributed by atoms with E-state index in [0.29, 0.717) is 44.0 Å². The molecule has 2 fully saturated rings. The van der Waals surface area contributed by atoms with Gasteiger partial charge in [0, 0.05) is 37.3 Å². The quantitative estimate of drug-likeness (QED) is 0.547. The number of nitrogens with zero attached hydrogens (tertiary/aromatic N) is 2. The molecule has 1 spiro atoms. The van der Waals surface area contributed by atoms with E-state index < -0.39 is 11.5 Å². The molecule has 37 heavy (non-hydrogen) atoms. The molecule has 3 aliphatic rings. The number of aromatic nitrogens is 2. The summed E-state index contributed by atoms with van der Waals surface area (Å²) in [5, 5.41) is 13.3. The van der Waals surface area contributed by atoms with Crippen molar-refractivity contribution in [2.75, 3.05) is 23.8 Å². The van der Waals surface area contributed by atoms with Crippen LogP contribution in [0.2, 0.25) is 0 Å². The van der Waals surface area contributed by atoms with Crippen molar-refractivity contribution < 1.29 is 19.1 Å². The highest BCUT2D eigenvalue weighted by Gasteiger charge is 2.47. The first-order chi connectivity index (χ1) is 18.0. The number of nitrogens with one attached hydrogen (secondary N) is 3. The second kappa shape index (κ2) is 11.0. The predicted octanol–water partition coefficient (Wildman–Crippen LogP) is 4.00. The van der Waals surface area contributed by atoms with Crippen LogP contribution in [0.15, 0.2) is 30.5 Å². The molecule has 2 aromatic rings. The van der Waals surface area contributed by atoms with Crippen LogP contribution in [0.25, 0.3) is 0 Å². The number of hydrogen-bond donors (Lipinski definition) is 3. The van der Waals surface area contributed by atoms with Gasteiger partial charge in [-0.05, 0) is 62.3 Å². The van der Waals surface area contributed by atoms with Crippen LogP contribution in [0.3, 0.4) is 0 Å². The van der Waals surface area contributed by atoms with Gasteiger partial charge in [0.15, 0.2) is 0 Å². The van der Waals surface area contributed by atoms with Crippen molar-refractivity contribution in [1.82, 2.24) is 15.1 Å². The van der Waals surface area contributed by atoms with Crippen molar-refractivity contribution in [1.29, 1.82) is 0 Å². The fraction of sp³-hybridized carbons (Fsp3) is 0.571. The number of amides is 3. The third kappa shape index (κ3) is 5.14. The van der Waals surface area contributed by atoms with Gasteiger partial charge in [-0.25, -0.2) is 0 Å². The van der Waals surface area contributed by atoms with Gasteiger partial charge in [-0.1, -0.05) is 38.2 Å². The molecule has 3 N–H and O–H groups in total. The van der Waals surface area contributed by atoms with E-state index in [1.165, 1.54) is 6.42 Å². The SMILES string of the molecule is CCn1nccc1C(=O)N[C@H](C(=O)Nc1ccc2c(c1)NC(=O)C21CCOCC1)C1CCCCCCC1. The number of ether oxygens (including phenoxy) is 1. The van der Waals surface area contributed by atoms with Gasteiger partial charge in [0.05, 0.1) is 5.41 Å². The summed E-state index contributed by atoms with van der Waals surface area (Å²) in [6.45, 7) is 3.63. The summed E-state index contributed by atoms with van der Waals surface area (Å²) in [7, 11) is 0. The van der Waals surface area contributed by atoms with E-state index >= 15 is 0 Å². The number of fused-ring (bicyclic) bond motifs is 2. The van der Waals surface area contributed by atoms with Gasteiger partial charge in [-0.15, -0.1) is 0 Å². The van der Waals surface area contributed by atoms with Gasteiger partial charge in [0.2, 0.25) is 11.8 Å². The Morgan fingerprint density at radius 2 is 1.86 bits per heavy atom. The zero-order valence-electron chi connectivity index (χ0n) is 21.6. The molecule has 0 bridgehead atoms. The number of carbonyl (C=O) groups excluding carboxylic acids is 3. The van der Waals surface area contributed by atoms with E-state index in [4.69, 9.17) is 4.74 Å². The number of hydrogen-bond acceptors (Lipinski definition) is 5. The Hall–Kier alpha value is -3.20.